The van der Waals surface area contributed by atoms with Gasteiger partial charge in [-0.1, -0.05) is 41.5 Å². The zero-order valence-electron chi connectivity index (χ0n) is 17.4. The van der Waals surface area contributed by atoms with Crippen molar-refractivity contribution in [2.75, 3.05) is 6.54 Å². The third kappa shape index (κ3) is 4.07. The third-order valence-corrected chi connectivity index (χ3v) is 6.00. The second-order valence-electron chi connectivity index (χ2n) is 9.71. The number of halogens is 1. The quantitative estimate of drug-likeness (QED) is 0.742. The number of fused-ring (bicyclic) bond motifs is 1. The molecule has 0 aliphatic carbocycles. The van der Waals surface area contributed by atoms with Gasteiger partial charge in [0.15, 0.2) is 0 Å². The van der Waals surface area contributed by atoms with Crippen LogP contribution in [-0.2, 0) is 4.79 Å². The van der Waals surface area contributed by atoms with E-state index in [0.717, 1.165) is 11.7 Å². The molecule has 3 rings (SSSR count). The van der Waals surface area contributed by atoms with E-state index in [1.165, 1.54) is 12.1 Å². The highest BCUT2D eigenvalue weighted by Gasteiger charge is 2.47. The normalized spacial score (nSPS) is 21.1. The van der Waals surface area contributed by atoms with E-state index in [-0.39, 0.29) is 42.6 Å². The van der Waals surface area contributed by atoms with Gasteiger partial charge in [0.05, 0.1) is 11.7 Å². The maximum atomic E-state index is 13.4. The van der Waals surface area contributed by atoms with Crippen LogP contribution in [0.25, 0.3) is 0 Å². The molecule has 0 saturated heterocycles. The minimum absolute atomic E-state index is 0.0630. The van der Waals surface area contributed by atoms with Gasteiger partial charge in [-0.25, -0.2) is 9.38 Å². The summed E-state index contributed by atoms with van der Waals surface area (Å²) >= 11 is 0. The van der Waals surface area contributed by atoms with E-state index in [1.807, 2.05) is 20.8 Å². The second-order valence-corrected chi connectivity index (χ2v) is 10.7. The fourth-order valence-electron chi connectivity index (χ4n) is 3.54. The Morgan fingerprint density at radius 2 is 1.93 bits per heavy atom. The number of hydrogen-bond acceptors (Lipinski definition) is 4. The number of hydrogen-bond donors (Lipinski definition) is 2. The lowest BCUT2D eigenvalue weighted by Crippen LogP contribution is -2.45. The molecule has 0 aromatic heterocycles. The Bertz CT molecular complexity index is 865. The predicted molar refractivity (Wildman–Crippen MR) is 113 cm³/mol. The number of benzene rings is 1. The lowest BCUT2D eigenvalue weighted by molar-refractivity contribution is -0.128. The molecule has 2 heterocycles. The average Bonchev–Trinajstić information content (AvgIpc) is 2.82. The molecule has 1 aromatic carbocycles. The number of rotatable bonds is 3. The number of amides is 1. The van der Waals surface area contributed by atoms with Gasteiger partial charge in [-0.3, -0.25) is 4.79 Å². The Morgan fingerprint density at radius 1 is 1.25 bits per heavy atom. The van der Waals surface area contributed by atoms with E-state index < -0.39 is 6.04 Å². The highest BCUT2D eigenvalue weighted by molar-refractivity contribution is 7.46. The first-order valence-electron chi connectivity index (χ1n) is 9.53. The van der Waals surface area contributed by atoms with Crippen LogP contribution < -0.4 is 10.4 Å². The van der Waals surface area contributed by atoms with Crippen molar-refractivity contribution in [1.29, 1.82) is 0 Å². The minimum Gasteiger partial charge on any atom is -0.509 e. The van der Waals surface area contributed by atoms with Gasteiger partial charge >= 0.3 is 0 Å². The van der Waals surface area contributed by atoms with Crippen LogP contribution in [0.2, 0.25) is 0 Å². The molecule has 2 aliphatic heterocycles. The molecule has 0 bridgehead atoms. The van der Waals surface area contributed by atoms with Crippen molar-refractivity contribution in [2.45, 2.75) is 54.0 Å². The van der Waals surface area contributed by atoms with Crippen LogP contribution >= 0.6 is 8.73 Å². The van der Waals surface area contributed by atoms with Crippen LogP contribution in [0.1, 0.15) is 48.0 Å². The maximum absolute atomic E-state index is 13.4. The van der Waals surface area contributed by atoms with Crippen molar-refractivity contribution in [3.63, 3.8) is 0 Å². The summed E-state index contributed by atoms with van der Waals surface area (Å²) < 4.78 is 13.4. The molecule has 1 aromatic rings. The number of aliphatic hydroxyl groups is 1. The van der Waals surface area contributed by atoms with Crippen molar-refractivity contribution in [3.05, 3.63) is 35.3 Å². The molecule has 7 heteroatoms. The van der Waals surface area contributed by atoms with Gasteiger partial charge in [0.25, 0.3) is 5.91 Å². The first-order valence-corrected chi connectivity index (χ1v) is 10.5. The number of nitrogens with one attached hydrogen (secondary N) is 1. The first-order chi connectivity index (χ1) is 12.9. The summed E-state index contributed by atoms with van der Waals surface area (Å²) in [6.45, 7) is 13.0. The van der Waals surface area contributed by atoms with E-state index in [2.05, 4.69) is 30.9 Å². The largest absolute Gasteiger partial charge is 0.509 e. The fraction of sp³-hybridized carbons (Fsp3) is 0.524. The molecule has 0 fully saturated rings. The Morgan fingerprint density at radius 3 is 2.54 bits per heavy atom. The van der Waals surface area contributed by atoms with E-state index >= 15 is 0 Å². The number of aliphatic imine (C=N–C) groups is 1. The predicted octanol–water partition coefficient (Wildman–Crippen LogP) is 4.18. The molecule has 2 N–H and O–H groups in total. The van der Waals surface area contributed by atoms with Crippen molar-refractivity contribution in [3.8, 4) is 0 Å². The zero-order chi connectivity index (χ0) is 20.9. The van der Waals surface area contributed by atoms with Crippen LogP contribution in [-0.4, -0.2) is 34.3 Å². The smallest absolute Gasteiger partial charge is 0.261 e. The van der Waals surface area contributed by atoms with Gasteiger partial charge in [-0.2, -0.15) is 0 Å². The van der Waals surface area contributed by atoms with E-state index in [0.29, 0.717) is 18.1 Å². The molecular formula is C21H29FN3O2P. The Labute approximate surface area is 168 Å². The maximum Gasteiger partial charge on any atom is 0.261 e. The van der Waals surface area contributed by atoms with E-state index in [4.69, 9.17) is 0 Å². The number of carbonyl (C=O) groups excluding carboxylic acids is 1. The van der Waals surface area contributed by atoms with Gasteiger partial charge in [0.1, 0.15) is 23.0 Å². The Balaban J connectivity index is 1.99. The SMILES string of the molecule is CC(C)(C)CCN1C(=O)C(C2=Nc3ccc(F)cc3PN2)=C(O)C1C(C)(C)C. The van der Waals surface area contributed by atoms with Gasteiger partial charge in [0, 0.05) is 20.6 Å². The minimum atomic E-state index is -0.403. The third-order valence-electron chi connectivity index (χ3n) is 4.97. The van der Waals surface area contributed by atoms with E-state index in [9.17, 15) is 14.3 Å². The molecule has 0 saturated carbocycles. The average molecular weight is 405 g/mol. The van der Waals surface area contributed by atoms with Crippen LogP contribution in [0, 0.1) is 16.6 Å². The number of carbonyl (C=O) groups is 1. The van der Waals surface area contributed by atoms with Crippen LogP contribution in [0.4, 0.5) is 10.1 Å². The number of nitrogens with zero attached hydrogens (tertiary/aromatic N) is 2. The molecule has 2 unspecified atom stereocenters. The van der Waals surface area contributed by atoms with Crippen LogP contribution in [0.3, 0.4) is 0 Å². The summed E-state index contributed by atoms with van der Waals surface area (Å²) in [6.07, 6.45) is 0.829. The lowest BCUT2D eigenvalue weighted by Gasteiger charge is -2.36. The van der Waals surface area contributed by atoms with Crippen molar-refractivity contribution < 1.29 is 14.3 Å². The molecular weight excluding hydrogens is 376 g/mol. The number of amidine groups is 1. The molecule has 2 aliphatic rings. The molecule has 0 spiro atoms. The monoisotopic (exact) mass is 405 g/mol. The summed E-state index contributed by atoms with van der Waals surface area (Å²) in [4.78, 5) is 19.6. The summed E-state index contributed by atoms with van der Waals surface area (Å²) in [5.41, 5.74) is 0.614. The Kier molecular flexibility index (Phi) is 5.30. The van der Waals surface area contributed by atoms with Gasteiger partial charge in [-0.15, -0.1) is 0 Å². The van der Waals surface area contributed by atoms with Crippen molar-refractivity contribution >= 4 is 31.5 Å². The lowest BCUT2D eigenvalue weighted by atomic mass is 9.84. The van der Waals surface area contributed by atoms with Gasteiger partial charge in [0.2, 0.25) is 0 Å². The molecule has 5 nitrogen and oxygen atoms in total. The van der Waals surface area contributed by atoms with Crippen molar-refractivity contribution in [1.82, 2.24) is 9.99 Å². The summed E-state index contributed by atoms with van der Waals surface area (Å²) in [5.74, 6) is -0.0874. The highest BCUT2D eigenvalue weighted by atomic mass is 31.1. The van der Waals surface area contributed by atoms with Gasteiger partial charge < -0.3 is 15.1 Å². The fourth-order valence-corrected chi connectivity index (χ4v) is 4.45. The zero-order valence-corrected chi connectivity index (χ0v) is 18.4. The first kappa shape index (κ1) is 20.8. The van der Waals surface area contributed by atoms with E-state index in [1.54, 1.807) is 11.0 Å². The molecule has 1 amide bonds. The Hall–Kier alpha value is -1.94. The molecule has 28 heavy (non-hydrogen) atoms. The van der Waals surface area contributed by atoms with Gasteiger partial charge in [-0.05, 0) is 35.4 Å². The summed E-state index contributed by atoms with van der Waals surface area (Å²) in [6, 6.07) is 4.00. The molecule has 2 atom stereocenters. The standard InChI is InChI=1S/C21H29FN3O2P/c1-20(2,3)9-10-25-17(21(4,5)6)16(26)15(19(25)27)18-23-13-8-7-12(22)11-14(13)28-24-18/h7-8,11,17,26,28H,9-10H2,1-6H3,(H,23,24). The topological polar surface area (TPSA) is 64.9 Å². The van der Waals surface area contributed by atoms with Crippen molar-refractivity contribution in [2.24, 2.45) is 15.8 Å². The van der Waals surface area contributed by atoms with Crippen LogP contribution in [0.5, 0.6) is 0 Å². The summed E-state index contributed by atoms with van der Waals surface area (Å²) in [5, 5.41) is 14.9. The second kappa shape index (κ2) is 7.14. The summed E-state index contributed by atoms with van der Waals surface area (Å²) in [7, 11) is 0.0815. The number of aliphatic hydroxyl groups excluding tert-OH is 1. The molecule has 152 valence electrons. The highest BCUT2D eigenvalue weighted by Crippen LogP contribution is 2.39. The molecule has 0 radical (unpaired) electrons. The van der Waals surface area contributed by atoms with Crippen LogP contribution in [0.15, 0.2) is 34.5 Å².